The van der Waals surface area contributed by atoms with Gasteiger partial charge in [-0.1, -0.05) is 12.1 Å². The second kappa shape index (κ2) is 5.50. The van der Waals surface area contributed by atoms with E-state index in [1.807, 2.05) is 0 Å². The molecule has 0 saturated carbocycles. The van der Waals surface area contributed by atoms with Gasteiger partial charge in [-0.05, 0) is 17.5 Å². The molecule has 0 saturated heterocycles. The van der Waals surface area contributed by atoms with Crippen LogP contribution in [0.5, 0.6) is 0 Å². The molecule has 2 aliphatic rings. The Bertz CT molecular complexity index is 1180. The molecule has 2 aromatic rings. The van der Waals surface area contributed by atoms with Crippen molar-refractivity contribution in [2.24, 2.45) is 5.73 Å². The lowest BCUT2D eigenvalue weighted by molar-refractivity contribution is -0.130. The van der Waals surface area contributed by atoms with Gasteiger partial charge >= 0.3 is 0 Å². The van der Waals surface area contributed by atoms with Crippen molar-refractivity contribution in [3.8, 4) is 0 Å². The first-order valence-corrected chi connectivity index (χ1v) is 7.85. The van der Waals surface area contributed by atoms with E-state index in [0.717, 1.165) is 0 Å². The Morgan fingerprint density at radius 1 is 1.08 bits per heavy atom. The predicted octanol–water partition coefficient (Wildman–Crippen LogP) is -2.37. The minimum atomic E-state index is -0.888. The summed E-state index contributed by atoms with van der Waals surface area (Å²) < 4.78 is 0. The van der Waals surface area contributed by atoms with Crippen LogP contribution in [0.4, 0.5) is 0 Å². The summed E-state index contributed by atoms with van der Waals surface area (Å²) in [4.78, 5) is 49.4. The maximum Gasteiger partial charge on any atom is 0.259 e. The number of fused-ring (bicyclic) bond motifs is 2. The fourth-order valence-electron chi connectivity index (χ4n) is 3.40. The monoisotopic (exact) mass is 351 g/mol. The zero-order valence-electron chi connectivity index (χ0n) is 13.4. The van der Waals surface area contributed by atoms with E-state index in [2.05, 4.69) is 10.6 Å². The van der Waals surface area contributed by atoms with Crippen molar-refractivity contribution >= 4 is 45.5 Å². The molecule has 0 unspecified atom stereocenters. The zero-order valence-corrected chi connectivity index (χ0v) is 13.4. The van der Waals surface area contributed by atoms with Crippen molar-refractivity contribution in [1.82, 2.24) is 10.6 Å². The van der Waals surface area contributed by atoms with Gasteiger partial charge in [0.2, 0.25) is 0 Å². The minimum absolute atomic E-state index is 0.00731. The van der Waals surface area contributed by atoms with Crippen LogP contribution in [0.25, 0.3) is 22.2 Å². The summed E-state index contributed by atoms with van der Waals surface area (Å²) >= 11 is 0. The van der Waals surface area contributed by atoms with Gasteiger partial charge in [0.05, 0.1) is 23.6 Å². The summed E-state index contributed by atoms with van der Waals surface area (Å²) in [5.74, 6) is -2.98. The number of hydrogen-bond acceptors (Lipinski definition) is 7. The molecule has 0 spiro atoms. The maximum atomic E-state index is 12.6. The van der Waals surface area contributed by atoms with Crippen LogP contribution < -0.4 is 26.8 Å². The number of carbonyl (C=O) groups is 4. The van der Waals surface area contributed by atoms with Gasteiger partial charge in [0.25, 0.3) is 23.4 Å². The fraction of sp³-hybridized carbons (Fsp3) is 0.111. The largest absolute Gasteiger partial charge is 0.395 e. The van der Waals surface area contributed by atoms with E-state index in [9.17, 15) is 19.2 Å². The van der Waals surface area contributed by atoms with E-state index in [4.69, 9.17) is 10.8 Å². The lowest BCUT2D eigenvalue weighted by atomic mass is 9.88. The third kappa shape index (κ3) is 1.99. The smallest absolute Gasteiger partial charge is 0.259 e. The van der Waals surface area contributed by atoms with Gasteiger partial charge in [-0.2, -0.15) is 0 Å². The van der Waals surface area contributed by atoms with Crippen molar-refractivity contribution in [2.75, 3.05) is 13.2 Å². The van der Waals surface area contributed by atoms with Crippen LogP contribution >= 0.6 is 0 Å². The number of amides is 2. The molecule has 0 aromatic heterocycles. The zero-order chi connectivity index (χ0) is 18.6. The second-order valence-electron chi connectivity index (χ2n) is 5.96. The predicted molar refractivity (Wildman–Crippen MR) is 91.1 cm³/mol. The molecule has 0 fully saturated rings. The normalized spacial score (nSPS) is 16.0. The molecule has 1 aliphatic carbocycles. The highest BCUT2D eigenvalue weighted by atomic mass is 16.3. The van der Waals surface area contributed by atoms with E-state index < -0.39 is 23.4 Å². The highest BCUT2D eigenvalue weighted by Crippen LogP contribution is 2.24. The van der Waals surface area contributed by atoms with Gasteiger partial charge in [0.1, 0.15) is 0 Å². The first kappa shape index (κ1) is 16.0. The molecule has 8 heteroatoms. The number of benzene rings is 2. The molecule has 4 rings (SSSR count). The van der Waals surface area contributed by atoms with Gasteiger partial charge in [0, 0.05) is 27.9 Å². The number of nitrogens with two attached hydrogens (primary N) is 1. The number of aliphatic hydroxyl groups excluding tert-OH is 1. The molecule has 26 heavy (non-hydrogen) atoms. The van der Waals surface area contributed by atoms with Crippen molar-refractivity contribution in [2.45, 2.75) is 0 Å². The average Bonchev–Trinajstić information content (AvgIpc) is 2.63. The highest BCUT2D eigenvalue weighted by molar-refractivity contribution is 6.62. The lowest BCUT2D eigenvalue weighted by Gasteiger charge is -2.21. The molecule has 0 bridgehead atoms. The maximum absolute atomic E-state index is 12.6. The summed E-state index contributed by atoms with van der Waals surface area (Å²) in [5, 5.41) is 15.4. The number of rotatable bonds is 3. The molecule has 130 valence electrons. The van der Waals surface area contributed by atoms with Crippen LogP contribution in [0.15, 0.2) is 24.3 Å². The average molecular weight is 351 g/mol. The topological polar surface area (TPSA) is 139 Å². The molecule has 5 N–H and O–H groups in total. The summed E-state index contributed by atoms with van der Waals surface area (Å²) in [5.41, 5.74) is 5.91. The van der Waals surface area contributed by atoms with Gasteiger partial charge in [-0.3, -0.25) is 24.5 Å². The summed E-state index contributed by atoms with van der Waals surface area (Å²) in [6.07, 6.45) is 0. The van der Waals surface area contributed by atoms with Gasteiger partial charge in [0.15, 0.2) is 0 Å². The molecule has 0 radical (unpaired) electrons. The van der Waals surface area contributed by atoms with E-state index in [1.54, 1.807) is 24.3 Å². The Hall–Kier alpha value is -3.52. The Labute approximate surface area is 146 Å². The van der Waals surface area contributed by atoms with Gasteiger partial charge in [-0.15, -0.1) is 0 Å². The SMILES string of the molecule is NC1=c2cc3cccc4c3c(c2=C(NCCO)C(=O)C1=O)C(=O)NC4=O. The molecule has 2 amide bonds. The number of imide groups is 1. The first-order valence-electron chi connectivity index (χ1n) is 7.85. The van der Waals surface area contributed by atoms with Crippen LogP contribution in [0.3, 0.4) is 0 Å². The summed E-state index contributed by atoms with van der Waals surface area (Å²) in [6, 6.07) is 6.51. The Morgan fingerprint density at radius 2 is 1.85 bits per heavy atom. The minimum Gasteiger partial charge on any atom is -0.395 e. The highest BCUT2D eigenvalue weighted by Gasteiger charge is 2.33. The van der Waals surface area contributed by atoms with Gasteiger partial charge in [-0.25, -0.2) is 0 Å². The Balaban J connectivity index is 2.31. The number of nitrogens with one attached hydrogen (secondary N) is 2. The number of hydrogen-bond donors (Lipinski definition) is 4. The van der Waals surface area contributed by atoms with E-state index in [0.29, 0.717) is 16.3 Å². The lowest BCUT2D eigenvalue weighted by Crippen LogP contribution is -2.52. The van der Waals surface area contributed by atoms with E-state index >= 15 is 0 Å². The molecule has 2 aromatic carbocycles. The number of Topliss-reactive ketones (excluding diaryl/α,β-unsaturated/α-hetero) is 2. The second-order valence-corrected chi connectivity index (χ2v) is 5.96. The van der Waals surface area contributed by atoms with E-state index in [1.165, 1.54) is 0 Å². The van der Waals surface area contributed by atoms with Crippen molar-refractivity contribution in [3.05, 3.63) is 45.8 Å². The molecule has 1 heterocycles. The number of aliphatic hydroxyl groups is 1. The van der Waals surface area contributed by atoms with Crippen LogP contribution in [0, 0.1) is 0 Å². The van der Waals surface area contributed by atoms with Gasteiger partial charge < -0.3 is 16.2 Å². The third-order valence-electron chi connectivity index (χ3n) is 4.50. The standard InChI is InChI=1S/C18H13N3O5/c19-13-9-6-7-2-1-3-8-10(7)12(18(26)21-17(8)25)11(9)14(20-4-5-22)16(24)15(13)23/h1-3,6,20,22H,4-5,19H2,(H,21,25,26). The van der Waals surface area contributed by atoms with Crippen LogP contribution in [-0.4, -0.2) is 41.6 Å². The molecule has 0 atom stereocenters. The Morgan fingerprint density at radius 3 is 2.58 bits per heavy atom. The van der Waals surface area contributed by atoms with Crippen molar-refractivity contribution in [1.29, 1.82) is 0 Å². The third-order valence-corrected chi connectivity index (χ3v) is 4.50. The van der Waals surface area contributed by atoms with E-state index in [-0.39, 0.29) is 40.5 Å². The van der Waals surface area contributed by atoms with Crippen molar-refractivity contribution in [3.63, 3.8) is 0 Å². The van der Waals surface area contributed by atoms with Crippen molar-refractivity contribution < 1.29 is 24.3 Å². The number of carbonyl (C=O) groups excluding carboxylic acids is 4. The molecule has 1 aliphatic heterocycles. The summed E-state index contributed by atoms with van der Waals surface area (Å²) in [7, 11) is 0. The van der Waals surface area contributed by atoms with Crippen LogP contribution in [0.2, 0.25) is 0 Å². The van der Waals surface area contributed by atoms with Crippen LogP contribution in [-0.2, 0) is 9.59 Å². The quantitative estimate of drug-likeness (QED) is 0.358. The summed E-state index contributed by atoms with van der Waals surface area (Å²) in [6.45, 7) is -0.272. The number of ketones is 2. The first-order chi connectivity index (χ1) is 12.5. The molecular formula is C18H13N3O5. The van der Waals surface area contributed by atoms with Crippen LogP contribution in [0.1, 0.15) is 20.7 Å². The molecular weight excluding hydrogens is 338 g/mol. The Kier molecular flexibility index (Phi) is 3.38. The fourth-order valence-corrected chi connectivity index (χ4v) is 3.40. The molecule has 8 nitrogen and oxygen atoms in total.